The van der Waals surface area contributed by atoms with Gasteiger partial charge in [-0.2, -0.15) is 26.3 Å². The molecule has 6 nitrogen and oxygen atoms in total. The number of benzene rings is 2. The molecule has 7 rings (SSSR count). The highest BCUT2D eigenvalue weighted by Crippen LogP contribution is 2.53. The van der Waals surface area contributed by atoms with Crippen molar-refractivity contribution in [3.8, 4) is 5.75 Å². The highest BCUT2D eigenvalue weighted by Gasteiger charge is 2.45. The first-order chi connectivity index (χ1) is 21.8. The largest absolute Gasteiger partial charge is 0.497 e. The van der Waals surface area contributed by atoms with Crippen LogP contribution in [0.4, 0.5) is 37.7 Å². The highest BCUT2D eigenvalue weighted by atomic mass is 19.4. The van der Waals surface area contributed by atoms with Gasteiger partial charge in [0.2, 0.25) is 0 Å². The molecule has 5 atom stereocenters. The van der Waals surface area contributed by atoms with E-state index in [1.807, 2.05) is 24.3 Å². The Balaban J connectivity index is 1.36. The number of methoxy groups -OCH3 is 1. The monoisotopic (exact) mass is 643 g/mol. The van der Waals surface area contributed by atoms with Crippen LogP contribution in [0.2, 0.25) is 0 Å². The lowest BCUT2D eigenvalue weighted by Gasteiger charge is -2.49. The van der Waals surface area contributed by atoms with Gasteiger partial charge < -0.3 is 15.4 Å². The van der Waals surface area contributed by atoms with Gasteiger partial charge in [0, 0.05) is 18.1 Å². The van der Waals surface area contributed by atoms with Crippen LogP contribution in [-0.4, -0.2) is 12.1 Å². The topological polar surface area (TPSA) is 80.3 Å². The van der Waals surface area contributed by atoms with Crippen LogP contribution in [0.1, 0.15) is 54.0 Å². The fraction of sp³-hybridized carbons (Fsp3) is 0.382. The molecule has 46 heavy (non-hydrogen) atoms. The van der Waals surface area contributed by atoms with E-state index in [2.05, 4.69) is 22.2 Å². The summed E-state index contributed by atoms with van der Waals surface area (Å²) < 4.78 is 85.9. The van der Waals surface area contributed by atoms with Crippen molar-refractivity contribution < 1.29 is 31.1 Å². The number of alkyl halides is 6. The first kappa shape index (κ1) is 31.6. The van der Waals surface area contributed by atoms with Crippen molar-refractivity contribution in [2.24, 2.45) is 23.7 Å². The second kappa shape index (κ2) is 11.8. The second-order valence-corrected chi connectivity index (χ2v) is 12.2. The Hall–Kier alpha value is -4.35. The summed E-state index contributed by atoms with van der Waals surface area (Å²) in [7, 11) is 1.55. The van der Waals surface area contributed by atoms with Crippen molar-refractivity contribution in [2.75, 3.05) is 17.7 Å². The number of halogens is 6. The molecule has 12 heteroatoms. The molecule has 0 radical (unpaired) electrons. The molecule has 3 aliphatic carbocycles. The van der Waals surface area contributed by atoms with Crippen LogP contribution < -0.4 is 26.2 Å². The molecule has 0 spiro atoms. The molecule has 3 saturated carbocycles. The molecule has 0 saturated heterocycles. The number of aromatic nitrogens is 1. The van der Waals surface area contributed by atoms with Crippen LogP contribution in [-0.2, 0) is 18.9 Å². The Morgan fingerprint density at radius 3 is 2.22 bits per heavy atom. The number of fused-ring (bicyclic) bond motifs is 4. The number of ether oxygens (including phenoxy) is 1. The fourth-order valence-electron chi connectivity index (χ4n) is 7.35. The third-order valence-electron chi connectivity index (χ3n) is 9.64. The number of anilines is 2. The number of pyridine rings is 1. The Kier molecular flexibility index (Phi) is 8.10. The molecular weight excluding hydrogens is 612 g/mol. The van der Waals surface area contributed by atoms with Crippen molar-refractivity contribution >= 4 is 22.3 Å². The molecule has 242 valence electrons. The Bertz CT molecular complexity index is 1830. The van der Waals surface area contributed by atoms with Gasteiger partial charge in [0.25, 0.3) is 10.9 Å². The van der Waals surface area contributed by atoms with E-state index in [1.165, 1.54) is 0 Å². The lowest BCUT2D eigenvalue weighted by atomic mass is 9.57. The number of allylic oxidation sites excluding steroid dienone is 1. The third kappa shape index (κ3) is 5.85. The number of hydrogen-bond acceptors (Lipinski definition) is 6. The van der Waals surface area contributed by atoms with Gasteiger partial charge in [-0.25, -0.2) is 0 Å². The maximum atomic E-state index is 13.4. The summed E-state index contributed by atoms with van der Waals surface area (Å²) in [6, 6.07) is 8.09. The average Bonchev–Trinajstić information content (AvgIpc) is 3.04. The predicted octanol–water partition coefficient (Wildman–Crippen LogP) is 7.88. The van der Waals surface area contributed by atoms with E-state index in [9.17, 15) is 35.9 Å². The molecule has 0 amide bonds. The summed E-state index contributed by atoms with van der Waals surface area (Å²) in [5.41, 5.74) is -3.68. The van der Waals surface area contributed by atoms with Gasteiger partial charge in [-0.1, -0.05) is 6.08 Å². The van der Waals surface area contributed by atoms with Gasteiger partial charge in [0.15, 0.2) is 0 Å². The minimum Gasteiger partial charge on any atom is -0.497 e. The number of hydrogen-bond donors (Lipinski definition) is 2. The van der Waals surface area contributed by atoms with Crippen molar-refractivity contribution in [3.63, 3.8) is 0 Å². The molecule has 0 unspecified atom stereocenters. The maximum absolute atomic E-state index is 13.4. The van der Waals surface area contributed by atoms with Crippen molar-refractivity contribution in [2.45, 2.75) is 50.6 Å². The zero-order valence-electron chi connectivity index (χ0n) is 24.8. The number of nitrogens with one attached hydrogen (secondary N) is 2. The SMILES string of the molecule is C=C[C@H]1C[C@@H]2CC[C@H]1C[C@@H]2[C@H](Nc1c(NCc2cc(C(F)(F)F)cc(C(F)(F)F)c2)c(=O)c1=O)c1ccnc2ccc(OC)cc12. The normalized spacial score (nSPS) is 22.2. The quantitative estimate of drug-likeness (QED) is 0.110. The molecule has 4 aromatic rings. The van der Waals surface area contributed by atoms with Crippen LogP contribution in [0.15, 0.2) is 70.9 Å². The smallest absolute Gasteiger partial charge is 0.416 e. The minimum absolute atomic E-state index is 0.0429. The van der Waals surface area contributed by atoms with E-state index in [0.29, 0.717) is 35.2 Å². The van der Waals surface area contributed by atoms with E-state index in [1.54, 1.807) is 19.4 Å². The van der Waals surface area contributed by atoms with E-state index in [4.69, 9.17) is 4.74 Å². The predicted molar refractivity (Wildman–Crippen MR) is 162 cm³/mol. The Morgan fingerprint density at radius 1 is 0.935 bits per heavy atom. The fourth-order valence-corrected chi connectivity index (χ4v) is 7.35. The minimum atomic E-state index is -5.02. The lowest BCUT2D eigenvalue weighted by Crippen LogP contribution is -2.44. The summed E-state index contributed by atoms with van der Waals surface area (Å²) in [6.45, 7) is 3.47. The van der Waals surface area contributed by atoms with Crippen LogP contribution in [0.25, 0.3) is 10.9 Å². The summed E-state index contributed by atoms with van der Waals surface area (Å²) in [5, 5.41) is 6.76. The summed E-state index contributed by atoms with van der Waals surface area (Å²) in [6.07, 6.45) is -2.56. The van der Waals surface area contributed by atoms with Crippen LogP contribution in [0, 0.1) is 23.7 Å². The van der Waals surface area contributed by atoms with Gasteiger partial charge in [-0.05, 0) is 103 Å². The molecule has 2 N–H and O–H groups in total. The molecule has 3 fully saturated rings. The first-order valence-corrected chi connectivity index (χ1v) is 15.0. The van der Waals surface area contributed by atoms with Crippen LogP contribution in [0.3, 0.4) is 0 Å². The molecule has 3 aliphatic rings. The summed E-state index contributed by atoms with van der Waals surface area (Å²) in [5.74, 6) is 1.72. The van der Waals surface area contributed by atoms with E-state index in [-0.39, 0.29) is 34.8 Å². The molecule has 0 aliphatic heterocycles. The van der Waals surface area contributed by atoms with E-state index in [0.717, 1.165) is 36.6 Å². The average molecular weight is 644 g/mol. The maximum Gasteiger partial charge on any atom is 0.416 e. The Labute approximate surface area is 260 Å². The van der Waals surface area contributed by atoms with Gasteiger partial charge in [0.1, 0.15) is 17.1 Å². The van der Waals surface area contributed by atoms with Crippen LogP contribution in [0.5, 0.6) is 5.75 Å². The van der Waals surface area contributed by atoms with Crippen molar-refractivity contribution in [1.82, 2.24) is 4.98 Å². The van der Waals surface area contributed by atoms with Gasteiger partial charge in [0.05, 0.1) is 29.8 Å². The Morgan fingerprint density at radius 2 is 1.61 bits per heavy atom. The van der Waals surface area contributed by atoms with Gasteiger partial charge >= 0.3 is 12.4 Å². The molecule has 3 aromatic carbocycles. The highest BCUT2D eigenvalue weighted by molar-refractivity contribution is 5.85. The van der Waals surface area contributed by atoms with Crippen molar-refractivity contribution in [1.29, 1.82) is 0 Å². The zero-order chi connectivity index (χ0) is 33.0. The van der Waals surface area contributed by atoms with Crippen molar-refractivity contribution in [3.05, 3.63) is 104 Å². The first-order valence-electron chi connectivity index (χ1n) is 15.0. The van der Waals surface area contributed by atoms with Crippen LogP contribution >= 0.6 is 0 Å². The number of rotatable bonds is 9. The second-order valence-electron chi connectivity index (χ2n) is 12.2. The zero-order valence-corrected chi connectivity index (χ0v) is 24.8. The summed E-state index contributed by atoms with van der Waals surface area (Å²) >= 11 is 0. The lowest BCUT2D eigenvalue weighted by molar-refractivity contribution is -0.143. The van der Waals surface area contributed by atoms with Gasteiger partial charge in [-0.15, -0.1) is 6.58 Å². The van der Waals surface area contributed by atoms with E-state index < -0.39 is 46.9 Å². The van der Waals surface area contributed by atoms with Gasteiger partial charge in [-0.3, -0.25) is 14.6 Å². The summed E-state index contributed by atoms with van der Waals surface area (Å²) in [4.78, 5) is 30.2. The molecular formula is C34H31F6N3O3. The third-order valence-corrected chi connectivity index (χ3v) is 9.64. The van der Waals surface area contributed by atoms with E-state index >= 15 is 0 Å². The molecule has 1 heterocycles. The molecule has 1 aromatic heterocycles. The standard InChI is InChI=1S/C34H31F6N3O3/c1-3-18-12-20-5-4-19(18)13-25(20)28(24-8-9-41-27-7-6-23(46-2)15-26(24)27)43-30-29(31(44)32(30)45)42-16-17-10-21(33(35,36)37)14-22(11-17)34(38,39)40/h3,6-11,14-15,18-20,25,28,42-43H,1,4-5,12-13,16H2,2H3/t18-,19-,20-,25-,28+/m0/s1. The number of nitrogens with zero attached hydrogens (tertiary/aromatic N) is 1. The molecule has 2 bridgehead atoms.